The Hall–Kier alpha value is -11.2. The number of nitrogens with two attached hydrogens (primary N) is 1. The van der Waals surface area contributed by atoms with Crippen LogP contribution >= 0.6 is 0 Å². The van der Waals surface area contributed by atoms with Crippen molar-refractivity contribution >= 4 is 112 Å². The number of aliphatic hydroxyl groups is 4. The van der Waals surface area contributed by atoms with E-state index >= 15 is 0 Å². The van der Waals surface area contributed by atoms with Gasteiger partial charge in [0.1, 0.15) is 78.0 Å². The molecule has 1 aromatic heterocycles. The van der Waals surface area contributed by atoms with Gasteiger partial charge in [0.05, 0.1) is 44.7 Å². The predicted molar refractivity (Wildman–Crippen MR) is 447 cm³/mol. The Morgan fingerprint density at radius 1 is 0.427 bits per heavy atom. The zero-order chi connectivity index (χ0) is 93.0. The number of aromatic nitrogens is 2. The molecule has 0 spiro atoms. The maximum atomic E-state index is 14.2. The first-order valence-electron chi connectivity index (χ1n) is 42.3. The molecule has 2 rings (SSSR count). The van der Waals surface area contributed by atoms with Crippen molar-refractivity contribution in [3.05, 3.63) is 54.1 Å². The number of unbranched alkanes of at least 4 members (excludes halogenated alkanes) is 6. The third-order valence-electron chi connectivity index (χ3n) is 19.8. The highest BCUT2D eigenvalue weighted by atomic mass is 16.4. The minimum Gasteiger partial charge on any atom is -0.481 e. The zero-order valence-electron chi connectivity index (χ0n) is 72.1. The van der Waals surface area contributed by atoms with Crippen LogP contribution in [0.4, 0.5) is 0 Å². The van der Waals surface area contributed by atoms with Gasteiger partial charge in [-0.1, -0.05) is 97.1 Å². The fourth-order valence-corrected chi connectivity index (χ4v) is 12.8. The fraction of sp³-hybridized carbons (Fsp3) is 0.659. The number of carbonyl (C=O) groups is 19. The van der Waals surface area contributed by atoms with Gasteiger partial charge < -0.3 is 110 Å². The molecule has 1 aromatic carbocycles. The number of aromatic amines is 1. The highest BCUT2D eigenvalue weighted by Gasteiger charge is 2.38. The van der Waals surface area contributed by atoms with Gasteiger partial charge in [-0.15, -0.1) is 0 Å². The first kappa shape index (κ1) is 109. The van der Waals surface area contributed by atoms with E-state index in [-0.39, 0.29) is 87.3 Å². The van der Waals surface area contributed by atoms with E-state index in [2.05, 4.69) is 84.4 Å². The Labute approximate surface area is 720 Å². The molecule has 0 fully saturated rings. The summed E-state index contributed by atoms with van der Waals surface area (Å²) in [6.45, 7) is 9.39. The standard InChI is InChI=1S/C82H131N17O25/c1-9-24-54(104)40-52(62(105)32-20-15-19-31-56(91-64(107)26-11-3)74(116)86-38-23-21-30-55(72(83)114)90-63(106)25-10-2)29-18-12-13-22-37-85-60(44-100)78(120)97-69(47(4)5)81(123)94-59(41-68(112)113)76(118)95-61(45-101)79(121)99-71(50(8)103)82(124)93-58(39-51-27-16-14-17-28-51)77(119)98-70(49(7)102)80(122)87-43-66(109)92-57(34-36-67(110)111)75(117)89-48(6)73(115)96-65(108)35-33-53-42-84-46-88-53/h14,16-17,27-28,42,46-50,52,55-61,69-71,85,100-103H,9-13,15,18-26,29-41,43-45H2,1-8H3,(H2,83,114)(H,84,88)(H,86,116)(H,87,122)(H,89,117)(H,90,106)(H,91,107)(H,92,109)(H,93,124)(H,94,123)(H,95,118)(H,97,120)(H,98,119)(H,99,121)(H,110,111)(H,112,113)(H,96,108,115)/t48-,49+,50+,52?,55-,56-,57?,58-,59?,60?,61-,69-,70-,71-/m0/s1. The van der Waals surface area contributed by atoms with Gasteiger partial charge in [-0.3, -0.25) is 96.4 Å². The lowest BCUT2D eigenvalue weighted by Crippen LogP contribution is -2.63. The molecule has 1 heterocycles. The van der Waals surface area contributed by atoms with E-state index in [9.17, 15) is 122 Å². The molecule has 23 N–H and O–H groups in total. The molecule has 0 bridgehead atoms. The van der Waals surface area contributed by atoms with Crippen molar-refractivity contribution < 1.29 is 122 Å². The number of ketones is 2. The van der Waals surface area contributed by atoms with Crippen LogP contribution in [0.1, 0.15) is 221 Å². The molecule has 0 aliphatic heterocycles. The Bertz CT molecular complexity index is 3790. The smallest absolute Gasteiger partial charge is 0.305 e. The summed E-state index contributed by atoms with van der Waals surface area (Å²) in [5.74, 6) is -18.1. The van der Waals surface area contributed by atoms with Crippen LogP contribution < -0.4 is 80.2 Å². The van der Waals surface area contributed by atoms with Crippen LogP contribution in [0, 0.1) is 11.8 Å². The van der Waals surface area contributed by atoms with Gasteiger partial charge in [0.2, 0.25) is 88.6 Å². The number of nitrogens with zero attached hydrogens (tertiary/aromatic N) is 1. The third kappa shape index (κ3) is 44.2. The van der Waals surface area contributed by atoms with E-state index < -0.39 is 212 Å². The number of carboxylic acid groups (broad SMARTS) is 2. The van der Waals surface area contributed by atoms with Crippen LogP contribution in [0.2, 0.25) is 0 Å². The minimum atomic E-state index is -2.05. The van der Waals surface area contributed by atoms with Crippen molar-refractivity contribution in [1.82, 2.24) is 84.4 Å². The van der Waals surface area contributed by atoms with Gasteiger partial charge in [-0.25, -0.2) is 4.98 Å². The second kappa shape index (κ2) is 60.3. The van der Waals surface area contributed by atoms with Crippen molar-refractivity contribution in [2.45, 2.75) is 301 Å². The number of aryl methyl sites for hydroxylation is 1. The molecule has 0 aliphatic rings. The number of imidazole rings is 1. The number of amides is 15. The number of aliphatic carboxylic acids is 2. The highest BCUT2D eigenvalue weighted by molar-refractivity contribution is 6.01. The van der Waals surface area contributed by atoms with Gasteiger partial charge in [0.25, 0.3) is 0 Å². The van der Waals surface area contributed by atoms with Crippen molar-refractivity contribution in [2.24, 2.45) is 17.6 Å². The Morgan fingerprint density at radius 3 is 1.52 bits per heavy atom. The van der Waals surface area contributed by atoms with Gasteiger partial charge in [0.15, 0.2) is 0 Å². The monoisotopic (exact) mass is 1750 g/mol. The van der Waals surface area contributed by atoms with Crippen molar-refractivity contribution in [1.29, 1.82) is 0 Å². The Balaban J connectivity index is 2.09. The lowest BCUT2D eigenvalue weighted by atomic mass is 9.88. The topological polar surface area (TPSA) is 669 Å². The quantitative estimate of drug-likeness (QED) is 0.0296. The molecular formula is C82H131N17O25. The molecule has 0 aliphatic carbocycles. The summed E-state index contributed by atoms with van der Waals surface area (Å²) in [7, 11) is 0. The van der Waals surface area contributed by atoms with Crippen molar-refractivity contribution in [3.63, 3.8) is 0 Å². The van der Waals surface area contributed by atoms with Crippen molar-refractivity contribution in [3.8, 4) is 0 Å². The number of carbonyl (C=O) groups excluding carboxylic acids is 17. The molecule has 124 heavy (non-hydrogen) atoms. The lowest BCUT2D eigenvalue weighted by Gasteiger charge is -2.29. The number of imide groups is 1. The van der Waals surface area contributed by atoms with Crippen LogP contribution in [0.15, 0.2) is 42.9 Å². The molecule has 694 valence electrons. The molecular weight excluding hydrogens is 1620 g/mol. The number of aliphatic hydroxyl groups excluding tert-OH is 4. The number of rotatable bonds is 66. The van der Waals surface area contributed by atoms with E-state index in [0.29, 0.717) is 114 Å². The average Bonchev–Trinajstić information content (AvgIpc) is 0.943. The first-order chi connectivity index (χ1) is 58.8. The second-order valence-electron chi connectivity index (χ2n) is 30.9. The molecule has 14 atom stereocenters. The SMILES string of the molecule is CCCC(=O)CC(CCCCCCNC(CO)C(=O)N[C@H](C(=O)NC(CC(=O)O)C(=O)N[C@@H](CO)C(=O)N[C@H](C(=O)N[C@@H](Cc1ccccc1)C(=O)N[C@H](C(=O)NCC(=O)NC(CCC(=O)O)C(=O)N[C@@H](C)C(=O)NC(=O)CCc1cnc[nH]1)[C@@H](C)O)[C@@H](C)O)C(C)C)C(=O)CCCCC[C@H](NC(=O)CCC)C(=O)NCCCC[C@H](NC(=O)CCC)C(N)=O. The summed E-state index contributed by atoms with van der Waals surface area (Å²) in [5.41, 5.74) is 6.48. The Morgan fingerprint density at radius 2 is 0.935 bits per heavy atom. The predicted octanol–water partition coefficient (Wildman–Crippen LogP) is -2.87. The van der Waals surface area contributed by atoms with Crippen LogP contribution in [0.25, 0.3) is 0 Å². The molecule has 4 unspecified atom stereocenters. The van der Waals surface area contributed by atoms with Gasteiger partial charge in [-0.05, 0) is 116 Å². The zero-order valence-corrected chi connectivity index (χ0v) is 72.1. The number of nitrogens with one attached hydrogen (secondary N) is 15. The molecule has 0 saturated heterocycles. The van der Waals surface area contributed by atoms with Gasteiger partial charge in [0, 0.05) is 75.7 Å². The van der Waals surface area contributed by atoms with E-state index in [0.717, 1.165) is 13.8 Å². The average molecular weight is 1760 g/mol. The molecule has 0 saturated carbocycles. The lowest BCUT2D eigenvalue weighted by molar-refractivity contribution is -0.142. The van der Waals surface area contributed by atoms with E-state index in [1.165, 1.54) is 45.4 Å². The maximum absolute atomic E-state index is 14.2. The van der Waals surface area contributed by atoms with Crippen LogP contribution in [0.3, 0.4) is 0 Å². The second-order valence-corrected chi connectivity index (χ2v) is 30.9. The number of primary amides is 1. The summed E-state index contributed by atoms with van der Waals surface area (Å²) in [5, 5.41) is 95.3. The normalized spacial score (nSPS) is 14.5. The molecule has 2 aromatic rings. The Kier molecular flexibility index (Phi) is 52.9. The summed E-state index contributed by atoms with van der Waals surface area (Å²) >= 11 is 0. The summed E-state index contributed by atoms with van der Waals surface area (Å²) in [6, 6.07) is -9.27. The third-order valence-corrected chi connectivity index (χ3v) is 19.8. The highest BCUT2D eigenvalue weighted by Crippen LogP contribution is 2.22. The number of Topliss-reactive ketones (excluding diaryl/α,β-unsaturated/α-hetero) is 2. The molecule has 42 heteroatoms. The molecule has 0 radical (unpaired) electrons. The van der Waals surface area contributed by atoms with Gasteiger partial charge >= 0.3 is 11.9 Å². The van der Waals surface area contributed by atoms with Crippen LogP contribution in [0.5, 0.6) is 0 Å². The minimum absolute atomic E-state index is 0.0324. The number of carboxylic acids is 2. The number of H-pyrrole nitrogens is 1. The summed E-state index contributed by atoms with van der Waals surface area (Å²) < 4.78 is 0. The number of benzene rings is 1. The fourth-order valence-electron chi connectivity index (χ4n) is 12.8. The molecule has 42 nitrogen and oxygen atoms in total. The summed E-state index contributed by atoms with van der Waals surface area (Å²) in [4.78, 5) is 256. The number of hydrogen-bond acceptors (Lipinski definition) is 25. The largest absolute Gasteiger partial charge is 0.481 e. The summed E-state index contributed by atoms with van der Waals surface area (Å²) in [6.07, 6.45) is 5.48. The van der Waals surface area contributed by atoms with E-state index in [1.54, 1.807) is 18.2 Å². The maximum Gasteiger partial charge on any atom is 0.305 e. The van der Waals surface area contributed by atoms with E-state index in [4.69, 9.17) is 5.73 Å². The van der Waals surface area contributed by atoms with Crippen LogP contribution in [-0.2, 0) is 104 Å². The van der Waals surface area contributed by atoms with Crippen LogP contribution in [-0.4, -0.2) is 264 Å². The first-order valence-corrected chi connectivity index (χ1v) is 42.3. The molecule has 15 amide bonds. The van der Waals surface area contributed by atoms with Crippen molar-refractivity contribution in [2.75, 3.05) is 32.8 Å². The van der Waals surface area contributed by atoms with E-state index in [1.807, 2.05) is 20.8 Å². The number of hydrogen-bond donors (Lipinski definition) is 22. The van der Waals surface area contributed by atoms with Gasteiger partial charge in [-0.2, -0.15) is 0 Å².